The summed E-state index contributed by atoms with van der Waals surface area (Å²) in [7, 11) is 0. The predicted molar refractivity (Wildman–Crippen MR) is 99.8 cm³/mol. The van der Waals surface area contributed by atoms with E-state index in [0.29, 0.717) is 18.0 Å². The Morgan fingerprint density at radius 3 is 2.71 bits per heavy atom. The Morgan fingerprint density at radius 1 is 1.29 bits per heavy atom. The molecular formula is C18H23N3O2S. The Morgan fingerprint density at radius 2 is 2.08 bits per heavy atom. The van der Waals surface area contributed by atoms with Crippen molar-refractivity contribution in [2.45, 2.75) is 26.3 Å². The van der Waals surface area contributed by atoms with Crippen molar-refractivity contribution >= 4 is 23.4 Å². The lowest BCUT2D eigenvalue weighted by atomic mass is 10.1. The summed E-state index contributed by atoms with van der Waals surface area (Å²) in [6, 6.07) is 8.85. The monoisotopic (exact) mass is 345 g/mol. The molecule has 128 valence electrons. The van der Waals surface area contributed by atoms with E-state index in [0.717, 1.165) is 17.1 Å². The molecule has 1 atom stereocenters. The van der Waals surface area contributed by atoms with Gasteiger partial charge >= 0.3 is 0 Å². The molecule has 6 heteroatoms. The average molecular weight is 345 g/mol. The molecule has 2 aromatic rings. The van der Waals surface area contributed by atoms with Gasteiger partial charge in [-0.05, 0) is 61.6 Å². The SMILES string of the molecule is CSCC[C@H](N)C(=O)Nc1ccc(Oc2ccc(C)c(C)c2)nc1. The van der Waals surface area contributed by atoms with Crippen molar-refractivity contribution in [1.29, 1.82) is 0 Å². The first-order valence-electron chi connectivity index (χ1n) is 7.76. The minimum Gasteiger partial charge on any atom is -0.439 e. The number of benzene rings is 1. The van der Waals surface area contributed by atoms with Crippen LogP contribution in [0.2, 0.25) is 0 Å². The Balaban J connectivity index is 1.95. The van der Waals surface area contributed by atoms with E-state index in [1.54, 1.807) is 30.1 Å². The van der Waals surface area contributed by atoms with E-state index >= 15 is 0 Å². The maximum absolute atomic E-state index is 12.0. The van der Waals surface area contributed by atoms with Gasteiger partial charge in [0.2, 0.25) is 11.8 Å². The molecule has 1 aromatic carbocycles. The van der Waals surface area contributed by atoms with Crippen LogP contribution in [0.25, 0.3) is 0 Å². The summed E-state index contributed by atoms with van der Waals surface area (Å²) in [5, 5.41) is 2.77. The van der Waals surface area contributed by atoms with E-state index in [1.165, 1.54) is 5.56 Å². The zero-order valence-electron chi connectivity index (χ0n) is 14.2. The van der Waals surface area contributed by atoms with Gasteiger partial charge in [0.15, 0.2) is 0 Å². The van der Waals surface area contributed by atoms with Crippen LogP contribution in [0.15, 0.2) is 36.5 Å². The summed E-state index contributed by atoms with van der Waals surface area (Å²) < 4.78 is 5.72. The molecule has 1 amide bonds. The third-order valence-corrected chi connectivity index (χ3v) is 4.32. The molecule has 3 N–H and O–H groups in total. The molecule has 0 unspecified atom stereocenters. The van der Waals surface area contributed by atoms with Crippen LogP contribution in [0.4, 0.5) is 5.69 Å². The first-order valence-corrected chi connectivity index (χ1v) is 9.15. The fourth-order valence-electron chi connectivity index (χ4n) is 2.02. The highest BCUT2D eigenvalue weighted by molar-refractivity contribution is 7.98. The summed E-state index contributed by atoms with van der Waals surface area (Å²) in [4.78, 5) is 16.2. The maximum Gasteiger partial charge on any atom is 0.241 e. The number of hydrogen-bond donors (Lipinski definition) is 2. The number of carbonyl (C=O) groups excluding carboxylic acids is 1. The molecule has 0 aliphatic carbocycles. The number of thioether (sulfide) groups is 1. The van der Waals surface area contributed by atoms with Crippen LogP contribution in [-0.2, 0) is 4.79 Å². The number of ether oxygens (including phenoxy) is 1. The lowest BCUT2D eigenvalue weighted by molar-refractivity contribution is -0.117. The molecule has 0 saturated carbocycles. The summed E-state index contributed by atoms with van der Waals surface area (Å²) in [6.07, 6.45) is 4.20. The number of hydrogen-bond acceptors (Lipinski definition) is 5. The van der Waals surface area contributed by atoms with Gasteiger partial charge in [-0.15, -0.1) is 0 Å². The number of nitrogens with two attached hydrogens (primary N) is 1. The van der Waals surface area contributed by atoms with E-state index in [-0.39, 0.29) is 5.91 Å². The zero-order chi connectivity index (χ0) is 17.5. The van der Waals surface area contributed by atoms with Crippen molar-refractivity contribution in [2.75, 3.05) is 17.3 Å². The number of pyridine rings is 1. The minimum atomic E-state index is -0.510. The number of amides is 1. The molecule has 0 aliphatic rings. The van der Waals surface area contributed by atoms with Crippen molar-refractivity contribution < 1.29 is 9.53 Å². The highest BCUT2D eigenvalue weighted by atomic mass is 32.2. The number of aromatic nitrogens is 1. The van der Waals surface area contributed by atoms with E-state index < -0.39 is 6.04 Å². The summed E-state index contributed by atoms with van der Waals surface area (Å²) in [5.74, 6) is 1.87. The summed E-state index contributed by atoms with van der Waals surface area (Å²) in [6.45, 7) is 4.09. The number of rotatable bonds is 7. The van der Waals surface area contributed by atoms with Crippen LogP contribution in [0.1, 0.15) is 17.5 Å². The van der Waals surface area contributed by atoms with E-state index in [2.05, 4.69) is 17.2 Å². The number of nitrogens with zero attached hydrogens (tertiary/aromatic N) is 1. The van der Waals surface area contributed by atoms with Gasteiger partial charge in [-0.25, -0.2) is 4.98 Å². The first-order chi connectivity index (χ1) is 11.5. The minimum absolute atomic E-state index is 0.200. The van der Waals surface area contributed by atoms with Gasteiger partial charge < -0.3 is 15.8 Å². The molecular weight excluding hydrogens is 322 g/mol. The topological polar surface area (TPSA) is 77.2 Å². The number of nitrogens with one attached hydrogen (secondary N) is 1. The second kappa shape index (κ2) is 8.70. The molecule has 1 aromatic heterocycles. The van der Waals surface area contributed by atoms with Gasteiger partial charge in [0.05, 0.1) is 17.9 Å². The number of aryl methyl sites for hydroxylation is 2. The average Bonchev–Trinajstić information content (AvgIpc) is 2.57. The van der Waals surface area contributed by atoms with Crippen LogP contribution < -0.4 is 15.8 Å². The zero-order valence-corrected chi connectivity index (χ0v) is 15.0. The Bertz CT molecular complexity index is 689. The quantitative estimate of drug-likeness (QED) is 0.803. The van der Waals surface area contributed by atoms with E-state index in [9.17, 15) is 4.79 Å². The second-order valence-corrected chi connectivity index (χ2v) is 6.60. The lowest BCUT2D eigenvalue weighted by Gasteiger charge is -2.12. The van der Waals surface area contributed by atoms with Crippen LogP contribution in [0.3, 0.4) is 0 Å². The molecule has 24 heavy (non-hydrogen) atoms. The van der Waals surface area contributed by atoms with Crippen molar-refractivity contribution in [1.82, 2.24) is 4.98 Å². The molecule has 0 spiro atoms. The lowest BCUT2D eigenvalue weighted by Crippen LogP contribution is -2.36. The van der Waals surface area contributed by atoms with Gasteiger partial charge in [-0.3, -0.25) is 4.79 Å². The molecule has 0 bridgehead atoms. The van der Waals surface area contributed by atoms with Crippen LogP contribution >= 0.6 is 11.8 Å². The summed E-state index contributed by atoms with van der Waals surface area (Å²) in [5.41, 5.74) is 8.82. The van der Waals surface area contributed by atoms with Crippen molar-refractivity contribution in [3.05, 3.63) is 47.7 Å². The fraction of sp³-hybridized carbons (Fsp3) is 0.333. The highest BCUT2D eigenvalue weighted by Crippen LogP contribution is 2.23. The largest absolute Gasteiger partial charge is 0.439 e. The Hall–Kier alpha value is -2.05. The van der Waals surface area contributed by atoms with Crippen LogP contribution in [-0.4, -0.2) is 28.9 Å². The Labute approximate surface area is 147 Å². The van der Waals surface area contributed by atoms with Crippen LogP contribution in [0, 0.1) is 13.8 Å². The molecule has 2 rings (SSSR count). The second-order valence-electron chi connectivity index (χ2n) is 5.61. The molecule has 0 radical (unpaired) electrons. The van der Waals surface area contributed by atoms with Gasteiger partial charge in [-0.2, -0.15) is 11.8 Å². The number of carbonyl (C=O) groups is 1. The normalized spacial score (nSPS) is 11.8. The van der Waals surface area contributed by atoms with Crippen molar-refractivity contribution in [2.24, 2.45) is 5.73 Å². The van der Waals surface area contributed by atoms with E-state index in [1.807, 2.05) is 31.4 Å². The fourth-order valence-corrected chi connectivity index (χ4v) is 2.51. The third-order valence-electron chi connectivity index (χ3n) is 3.67. The first kappa shape index (κ1) is 18.3. The van der Waals surface area contributed by atoms with Gasteiger partial charge in [0.25, 0.3) is 0 Å². The predicted octanol–water partition coefficient (Wildman–Crippen LogP) is 3.51. The van der Waals surface area contributed by atoms with Gasteiger partial charge in [-0.1, -0.05) is 6.07 Å². The third kappa shape index (κ3) is 5.25. The smallest absolute Gasteiger partial charge is 0.241 e. The molecule has 0 aliphatic heterocycles. The molecule has 5 nitrogen and oxygen atoms in total. The van der Waals surface area contributed by atoms with Crippen LogP contribution in [0.5, 0.6) is 11.6 Å². The van der Waals surface area contributed by atoms with E-state index in [4.69, 9.17) is 10.5 Å². The van der Waals surface area contributed by atoms with Crippen molar-refractivity contribution in [3.63, 3.8) is 0 Å². The summed E-state index contributed by atoms with van der Waals surface area (Å²) >= 11 is 1.67. The molecule has 0 fully saturated rings. The van der Waals surface area contributed by atoms with Crippen molar-refractivity contribution in [3.8, 4) is 11.6 Å². The molecule has 1 heterocycles. The molecule has 0 saturated heterocycles. The van der Waals surface area contributed by atoms with Gasteiger partial charge in [0.1, 0.15) is 5.75 Å². The standard InChI is InChI=1S/C18H23N3O2S/c1-12-4-6-15(10-13(12)2)23-17-7-5-14(11-20-17)21-18(22)16(19)8-9-24-3/h4-7,10-11,16H,8-9,19H2,1-3H3,(H,21,22)/t16-/m0/s1. The highest BCUT2D eigenvalue weighted by Gasteiger charge is 2.13. The Kier molecular flexibility index (Phi) is 6.63. The van der Waals surface area contributed by atoms with Gasteiger partial charge in [0, 0.05) is 6.07 Å². The number of anilines is 1. The maximum atomic E-state index is 12.0.